The molecule has 0 bridgehead atoms. The molecule has 1 aromatic heterocycles. The fourth-order valence-corrected chi connectivity index (χ4v) is 1.41. The zero-order valence-electron chi connectivity index (χ0n) is 10.4. The van der Waals surface area contributed by atoms with E-state index in [1.165, 1.54) is 17.8 Å². The molecular weight excluding hydrogens is 240 g/mol. The molecule has 0 saturated carbocycles. The van der Waals surface area contributed by atoms with Crippen molar-refractivity contribution < 1.29 is 14.5 Å². The molecule has 8 nitrogen and oxygen atoms in total. The van der Waals surface area contributed by atoms with Crippen molar-refractivity contribution in [1.82, 2.24) is 15.1 Å². The third-order valence-corrected chi connectivity index (χ3v) is 2.27. The van der Waals surface area contributed by atoms with Gasteiger partial charge in [0.2, 0.25) is 5.91 Å². The molecule has 0 radical (unpaired) electrons. The molecule has 0 saturated heterocycles. The maximum Gasteiger partial charge on any atom is 0.309 e. The zero-order valence-corrected chi connectivity index (χ0v) is 10.4. The second kappa shape index (κ2) is 6.70. The van der Waals surface area contributed by atoms with Crippen LogP contribution in [0.4, 0.5) is 5.69 Å². The fourth-order valence-electron chi connectivity index (χ4n) is 1.41. The van der Waals surface area contributed by atoms with Crippen LogP contribution >= 0.6 is 0 Å². The van der Waals surface area contributed by atoms with Gasteiger partial charge in [0, 0.05) is 20.3 Å². The van der Waals surface area contributed by atoms with E-state index < -0.39 is 4.92 Å². The summed E-state index contributed by atoms with van der Waals surface area (Å²) in [6.07, 6.45) is 1.98. The quantitative estimate of drug-likeness (QED) is 0.428. The van der Waals surface area contributed by atoms with Crippen LogP contribution in [0.15, 0.2) is 6.20 Å². The van der Waals surface area contributed by atoms with Gasteiger partial charge in [0.25, 0.3) is 0 Å². The first-order valence-electron chi connectivity index (χ1n) is 5.48. The number of ether oxygens (including phenoxy) is 1. The Labute approximate surface area is 104 Å². The van der Waals surface area contributed by atoms with Crippen LogP contribution in [0.5, 0.6) is 0 Å². The lowest BCUT2D eigenvalue weighted by atomic mass is 10.4. The Hall–Kier alpha value is -1.96. The van der Waals surface area contributed by atoms with E-state index in [2.05, 4.69) is 10.4 Å². The van der Waals surface area contributed by atoms with E-state index in [1.54, 1.807) is 7.11 Å². The minimum Gasteiger partial charge on any atom is -0.385 e. The first kappa shape index (κ1) is 14.1. The molecule has 0 fully saturated rings. The van der Waals surface area contributed by atoms with Gasteiger partial charge in [0.05, 0.1) is 4.92 Å². The van der Waals surface area contributed by atoms with Gasteiger partial charge in [-0.2, -0.15) is 5.10 Å². The zero-order chi connectivity index (χ0) is 13.5. The van der Waals surface area contributed by atoms with Crippen molar-refractivity contribution in [3.05, 3.63) is 22.0 Å². The van der Waals surface area contributed by atoms with Crippen molar-refractivity contribution in [1.29, 1.82) is 0 Å². The number of nitro groups is 1. The standard InChI is InChI=1S/C10H16N4O4/c1-8-9(14(16)17)6-13(12-8)7-10(15)11-4-3-5-18-2/h6H,3-5,7H2,1-2H3,(H,11,15). The number of carbonyl (C=O) groups is 1. The van der Waals surface area contributed by atoms with Gasteiger partial charge in [-0.05, 0) is 13.3 Å². The van der Waals surface area contributed by atoms with E-state index in [9.17, 15) is 14.9 Å². The second-order valence-corrected chi connectivity index (χ2v) is 3.75. The number of methoxy groups -OCH3 is 1. The molecule has 1 aromatic rings. The summed E-state index contributed by atoms with van der Waals surface area (Å²) >= 11 is 0. The SMILES string of the molecule is COCCCNC(=O)Cn1cc([N+](=O)[O-])c(C)n1. The molecule has 0 atom stereocenters. The number of rotatable bonds is 7. The molecular formula is C10H16N4O4. The molecule has 18 heavy (non-hydrogen) atoms. The lowest BCUT2D eigenvalue weighted by molar-refractivity contribution is -0.385. The molecule has 0 aliphatic rings. The van der Waals surface area contributed by atoms with E-state index in [1.807, 2.05) is 0 Å². The number of hydrogen-bond acceptors (Lipinski definition) is 5. The number of amides is 1. The largest absolute Gasteiger partial charge is 0.385 e. The monoisotopic (exact) mass is 256 g/mol. The lowest BCUT2D eigenvalue weighted by Gasteiger charge is -2.04. The van der Waals surface area contributed by atoms with E-state index in [4.69, 9.17) is 4.74 Å². The Morgan fingerprint density at radius 3 is 2.94 bits per heavy atom. The van der Waals surface area contributed by atoms with Gasteiger partial charge in [-0.25, -0.2) is 0 Å². The number of carbonyl (C=O) groups excluding carboxylic acids is 1. The number of nitrogens with zero attached hydrogens (tertiary/aromatic N) is 3. The van der Waals surface area contributed by atoms with Gasteiger partial charge >= 0.3 is 5.69 Å². The number of aromatic nitrogens is 2. The highest BCUT2D eigenvalue weighted by atomic mass is 16.6. The minimum atomic E-state index is -0.519. The van der Waals surface area contributed by atoms with E-state index in [0.717, 1.165) is 6.42 Å². The first-order valence-corrected chi connectivity index (χ1v) is 5.48. The smallest absolute Gasteiger partial charge is 0.309 e. The number of hydrogen-bond donors (Lipinski definition) is 1. The van der Waals surface area contributed by atoms with Crippen molar-refractivity contribution in [2.45, 2.75) is 19.9 Å². The van der Waals surface area contributed by atoms with Crippen LogP contribution in [0.1, 0.15) is 12.1 Å². The van der Waals surface area contributed by atoms with E-state index in [0.29, 0.717) is 18.8 Å². The van der Waals surface area contributed by atoms with Gasteiger partial charge in [-0.1, -0.05) is 0 Å². The predicted molar refractivity (Wildman–Crippen MR) is 63.1 cm³/mol. The molecule has 0 aliphatic heterocycles. The number of nitrogens with one attached hydrogen (secondary N) is 1. The van der Waals surface area contributed by atoms with Crippen molar-refractivity contribution >= 4 is 11.6 Å². The Balaban J connectivity index is 2.44. The van der Waals surface area contributed by atoms with Crippen LogP contribution in [0.25, 0.3) is 0 Å². The van der Waals surface area contributed by atoms with Crippen LogP contribution in [0.2, 0.25) is 0 Å². The van der Waals surface area contributed by atoms with Crippen LogP contribution < -0.4 is 5.32 Å². The molecule has 8 heteroatoms. The molecule has 1 heterocycles. The summed E-state index contributed by atoms with van der Waals surface area (Å²) in [5, 5.41) is 17.2. The van der Waals surface area contributed by atoms with Crippen LogP contribution in [0, 0.1) is 17.0 Å². The second-order valence-electron chi connectivity index (χ2n) is 3.75. The van der Waals surface area contributed by atoms with Crippen molar-refractivity contribution in [3.63, 3.8) is 0 Å². The highest BCUT2D eigenvalue weighted by Crippen LogP contribution is 2.14. The molecule has 1 rings (SSSR count). The highest BCUT2D eigenvalue weighted by Gasteiger charge is 2.16. The topological polar surface area (TPSA) is 99.3 Å². The maximum atomic E-state index is 11.5. The molecule has 1 N–H and O–H groups in total. The average molecular weight is 256 g/mol. The molecule has 0 spiro atoms. The normalized spacial score (nSPS) is 10.3. The van der Waals surface area contributed by atoms with E-state index in [-0.39, 0.29) is 18.1 Å². The molecule has 0 unspecified atom stereocenters. The Kier molecular flexibility index (Phi) is 5.25. The van der Waals surface area contributed by atoms with Gasteiger partial charge < -0.3 is 10.1 Å². The summed E-state index contributed by atoms with van der Waals surface area (Å²) in [7, 11) is 1.59. The summed E-state index contributed by atoms with van der Waals surface area (Å²) < 4.78 is 6.11. The minimum absolute atomic E-state index is 0.0261. The van der Waals surface area contributed by atoms with E-state index >= 15 is 0 Å². The van der Waals surface area contributed by atoms with Crippen molar-refractivity contribution in [2.24, 2.45) is 0 Å². The third-order valence-electron chi connectivity index (χ3n) is 2.27. The van der Waals surface area contributed by atoms with Gasteiger partial charge in [-0.3, -0.25) is 19.6 Å². The lowest BCUT2D eigenvalue weighted by Crippen LogP contribution is -2.29. The number of aryl methyl sites for hydroxylation is 1. The molecule has 1 amide bonds. The molecule has 0 aromatic carbocycles. The van der Waals surface area contributed by atoms with Crippen molar-refractivity contribution in [3.8, 4) is 0 Å². The predicted octanol–water partition coefficient (Wildman–Crippen LogP) is 0.252. The van der Waals surface area contributed by atoms with Crippen LogP contribution in [0.3, 0.4) is 0 Å². The van der Waals surface area contributed by atoms with Gasteiger partial charge in [-0.15, -0.1) is 0 Å². The van der Waals surface area contributed by atoms with Gasteiger partial charge in [0.15, 0.2) is 0 Å². The summed E-state index contributed by atoms with van der Waals surface area (Å²) in [6.45, 7) is 2.59. The fraction of sp³-hybridized carbons (Fsp3) is 0.600. The third kappa shape index (κ3) is 4.13. The summed E-state index contributed by atoms with van der Waals surface area (Å²) in [5.41, 5.74) is 0.217. The Bertz CT molecular complexity index is 430. The Morgan fingerprint density at radius 2 is 2.39 bits per heavy atom. The highest BCUT2D eigenvalue weighted by molar-refractivity contribution is 5.75. The maximum absolute atomic E-state index is 11.5. The Morgan fingerprint density at radius 1 is 1.67 bits per heavy atom. The van der Waals surface area contributed by atoms with Crippen molar-refractivity contribution in [2.75, 3.05) is 20.3 Å². The van der Waals surface area contributed by atoms with Gasteiger partial charge in [0.1, 0.15) is 18.4 Å². The van der Waals surface area contributed by atoms with Crippen LogP contribution in [-0.4, -0.2) is 40.9 Å². The summed E-state index contributed by atoms with van der Waals surface area (Å²) in [4.78, 5) is 21.6. The molecule has 100 valence electrons. The average Bonchev–Trinajstić information content (AvgIpc) is 2.66. The molecule has 0 aliphatic carbocycles. The summed E-state index contributed by atoms with van der Waals surface area (Å²) in [5.74, 6) is -0.233. The first-order chi connectivity index (χ1) is 8.54. The summed E-state index contributed by atoms with van der Waals surface area (Å²) in [6, 6.07) is 0. The van der Waals surface area contributed by atoms with Crippen LogP contribution in [-0.2, 0) is 16.1 Å².